The lowest BCUT2D eigenvalue weighted by molar-refractivity contribution is -0.119. The van der Waals surface area contributed by atoms with E-state index in [-0.39, 0.29) is 23.4 Å². The molecule has 8 nitrogen and oxygen atoms in total. The predicted octanol–water partition coefficient (Wildman–Crippen LogP) is -0.535. The third-order valence-corrected chi connectivity index (χ3v) is 4.26. The molecule has 1 atom stereocenters. The molecule has 1 aromatic heterocycles. The van der Waals surface area contributed by atoms with Crippen LogP contribution in [0.2, 0.25) is 0 Å². The van der Waals surface area contributed by atoms with Gasteiger partial charge in [-0.25, -0.2) is 23.1 Å². The Kier molecular flexibility index (Phi) is 4.50. The molecule has 0 aliphatic carbocycles. The second-order valence-corrected chi connectivity index (χ2v) is 6.19. The highest BCUT2D eigenvalue weighted by Gasteiger charge is 2.23. The molecule has 1 aliphatic heterocycles. The average Bonchev–Trinajstić information content (AvgIpc) is 2.84. The molecule has 0 saturated carbocycles. The molecular formula is C11H17N5O3S. The van der Waals surface area contributed by atoms with Crippen molar-refractivity contribution < 1.29 is 13.2 Å². The van der Waals surface area contributed by atoms with E-state index >= 15 is 0 Å². The number of anilines is 1. The summed E-state index contributed by atoms with van der Waals surface area (Å²) in [5.74, 6) is 0.335. The van der Waals surface area contributed by atoms with E-state index in [0.717, 1.165) is 0 Å². The summed E-state index contributed by atoms with van der Waals surface area (Å²) in [5, 5.41) is 5.58. The van der Waals surface area contributed by atoms with Crippen molar-refractivity contribution in [1.29, 1.82) is 0 Å². The zero-order valence-electron chi connectivity index (χ0n) is 11.1. The van der Waals surface area contributed by atoms with Crippen molar-refractivity contribution in [1.82, 2.24) is 20.0 Å². The van der Waals surface area contributed by atoms with Crippen LogP contribution in [0.4, 0.5) is 5.95 Å². The monoisotopic (exact) mass is 299 g/mol. The highest BCUT2D eigenvalue weighted by molar-refractivity contribution is 7.89. The van der Waals surface area contributed by atoms with Gasteiger partial charge in [0.2, 0.25) is 21.9 Å². The largest absolute Gasteiger partial charge is 0.355 e. The molecule has 20 heavy (non-hydrogen) atoms. The second-order valence-electron chi connectivity index (χ2n) is 4.43. The number of nitrogens with one attached hydrogen (secondary N) is 3. The lowest BCUT2D eigenvalue weighted by Gasteiger charge is -2.11. The number of carbonyl (C=O) groups is 1. The third kappa shape index (κ3) is 3.64. The van der Waals surface area contributed by atoms with Gasteiger partial charge in [0.1, 0.15) is 4.90 Å². The highest BCUT2D eigenvalue weighted by Crippen LogP contribution is 2.09. The zero-order chi connectivity index (χ0) is 14.6. The maximum Gasteiger partial charge on any atom is 0.243 e. The minimum atomic E-state index is -3.65. The molecule has 1 aliphatic rings. The van der Waals surface area contributed by atoms with Crippen LogP contribution in [0, 0.1) is 0 Å². The van der Waals surface area contributed by atoms with Crippen LogP contribution >= 0.6 is 0 Å². The molecule has 0 aromatic carbocycles. The zero-order valence-corrected chi connectivity index (χ0v) is 11.9. The fourth-order valence-corrected chi connectivity index (χ4v) is 2.80. The average molecular weight is 299 g/mol. The normalized spacial score (nSPS) is 18.9. The van der Waals surface area contributed by atoms with Gasteiger partial charge in [-0.1, -0.05) is 0 Å². The number of rotatable bonds is 6. The van der Waals surface area contributed by atoms with Crippen LogP contribution in [-0.4, -0.2) is 43.4 Å². The Balaban J connectivity index is 1.97. The molecule has 1 aromatic rings. The summed E-state index contributed by atoms with van der Waals surface area (Å²) >= 11 is 0. The van der Waals surface area contributed by atoms with Crippen LogP contribution in [0.3, 0.4) is 0 Å². The fraction of sp³-hybridized carbons (Fsp3) is 0.545. The first-order valence-electron chi connectivity index (χ1n) is 6.36. The minimum Gasteiger partial charge on any atom is -0.355 e. The van der Waals surface area contributed by atoms with E-state index in [1.807, 2.05) is 6.92 Å². The summed E-state index contributed by atoms with van der Waals surface area (Å²) in [6, 6.07) is -0.153. The maximum absolute atomic E-state index is 12.0. The number of hydrogen-bond acceptors (Lipinski definition) is 6. The van der Waals surface area contributed by atoms with Crippen LogP contribution in [0.25, 0.3) is 0 Å². The van der Waals surface area contributed by atoms with Crippen molar-refractivity contribution in [2.75, 3.05) is 18.4 Å². The van der Waals surface area contributed by atoms with Crippen LogP contribution in [-0.2, 0) is 14.8 Å². The van der Waals surface area contributed by atoms with E-state index in [4.69, 9.17) is 0 Å². The summed E-state index contributed by atoms with van der Waals surface area (Å²) < 4.78 is 26.5. The molecule has 1 unspecified atom stereocenters. The molecule has 3 N–H and O–H groups in total. The van der Waals surface area contributed by atoms with Crippen LogP contribution in [0.15, 0.2) is 17.3 Å². The van der Waals surface area contributed by atoms with Crippen LogP contribution in [0.5, 0.6) is 0 Å². The summed E-state index contributed by atoms with van der Waals surface area (Å²) in [6.45, 7) is 2.72. The van der Waals surface area contributed by atoms with E-state index in [2.05, 4.69) is 25.3 Å². The van der Waals surface area contributed by atoms with E-state index in [1.165, 1.54) is 12.4 Å². The number of carbonyl (C=O) groups excluding carboxylic acids is 1. The Morgan fingerprint density at radius 2 is 2.10 bits per heavy atom. The van der Waals surface area contributed by atoms with E-state index in [0.29, 0.717) is 25.3 Å². The van der Waals surface area contributed by atoms with Crippen LogP contribution in [0.1, 0.15) is 19.8 Å². The summed E-state index contributed by atoms with van der Waals surface area (Å²) in [5.41, 5.74) is 0. The Hall–Kier alpha value is -1.74. The quantitative estimate of drug-likeness (QED) is 0.650. The van der Waals surface area contributed by atoms with Gasteiger partial charge in [-0.2, -0.15) is 0 Å². The third-order valence-electron chi connectivity index (χ3n) is 2.88. The molecule has 110 valence electrons. The van der Waals surface area contributed by atoms with Crippen molar-refractivity contribution in [3.63, 3.8) is 0 Å². The van der Waals surface area contributed by atoms with Crippen molar-refractivity contribution in [2.45, 2.75) is 30.7 Å². The molecule has 1 saturated heterocycles. The molecule has 1 fully saturated rings. The summed E-state index contributed by atoms with van der Waals surface area (Å²) in [7, 11) is -3.65. The van der Waals surface area contributed by atoms with Crippen LogP contribution < -0.4 is 15.4 Å². The number of amides is 1. The fourth-order valence-electron chi connectivity index (χ4n) is 1.83. The van der Waals surface area contributed by atoms with Gasteiger partial charge in [-0.3, -0.25) is 4.79 Å². The standard InChI is InChI=1S/C11H17N5O3S/c1-2-12-11-13-6-9(7-14-11)20(18,19)15-5-8-3-4-10(17)16-8/h6-8,15H,2-5H2,1H3,(H,16,17)(H,12,13,14). The highest BCUT2D eigenvalue weighted by atomic mass is 32.2. The van der Waals surface area contributed by atoms with Gasteiger partial charge >= 0.3 is 0 Å². The first kappa shape index (κ1) is 14.7. The van der Waals surface area contributed by atoms with Gasteiger partial charge in [0.05, 0.1) is 12.4 Å². The summed E-state index contributed by atoms with van der Waals surface area (Å²) in [6.07, 6.45) is 3.57. The van der Waals surface area contributed by atoms with Gasteiger partial charge in [0.15, 0.2) is 0 Å². The second kappa shape index (κ2) is 6.14. The Labute approximate surface area is 117 Å². The Morgan fingerprint density at radius 3 is 2.65 bits per heavy atom. The van der Waals surface area contributed by atoms with Gasteiger partial charge in [0.25, 0.3) is 0 Å². The molecule has 9 heteroatoms. The number of nitrogens with zero attached hydrogens (tertiary/aromatic N) is 2. The van der Waals surface area contributed by atoms with Crippen molar-refractivity contribution >= 4 is 21.9 Å². The summed E-state index contributed by atoms with van der Waals surface area (Å²) in [4.78, 5) is 18.9. The molecule has 0 bridgehead atoms. The van der Waals surface area contributed by atoms with Gasteiger partial charge in [-0.05, 0) is 13.3 Å². The molecule has 2 heterocycles. The van der Waals surface area contributed by atoms with Crippen molar-refractivity contribution in [2.24, 2.45) is 0 Å². The van der Waals surface area contributed by atoms with E-state index in [1.54, 1.807) is 0 Å². The number of sulfonamides is 1. The molecule has 0 spiro atoms. The smallest absolute Gasteiger partial charge is 0.243 e. The van der Waals surface area contributed by atoms with Gasteiger partial charge in [-0.15, -0.1) is 0 Å². The Bertz CT molecular complexity index is 572. The topological polar surface area (TPSA) is 113 Å². The SMILES string of the molecule is CCNc1ncc(S(=O)(=O)NCC2CCC(=O)N2)cn1. The molecule has 1 amide bonds. The first-order chi connectivity index (χ1) is 9.51. The number of aromatic nitrogens is 2. The molecule has 0 radical (unpaired) electrons. The van der Waals surface area contributed by atoms with Crippen molar-refractivity contribution in [3.05, 3.63) is 12.4 Å². The lowest BCUT2D eigenvalue weighted by Crippen LogP contribution is -2.38. The predicted molar refractivity (Wildman–Crippen MR) is 72.5 cm³/mol. The minimum absolute atomic E-state index is 0.00322. The van der Waals surface area contributed by atoms with E-state index < -0.39 is 10.0 Å². The lowest BCUT2D eigenvalue weighted by atomic mass is 10.2. The van der Waals surface area contributed by atoms with Gasteiger partial charge in [0, 0.05) is 25.6 Å². The first-order valence-corrected chi connectivity index (χ1v) is 7.84. The Morgan fingerprint density at radius 1 is 1.40 bits per heavy atom. The maximum atomic E-state index is 12.0. The van der Waals surface area contributed by atoms with E-state index in [9.17, 15) is 13.2 Å². The van der Waals surface area contributed by atoms with Crippen molar-refractivity contribution in [3.8, 4) is 0 Å². The van der Waals surface area contributed by atoms with Gasteiger partial charge < -0.3 is 10.6 Å². The molecular weight excluding hydrogens is 282 g/mol. The number of hydrogen-bond donors (Lipinski definition) is 3. The molecule has 2 rings (SSSR count).